The molecule has 0 saturated carbocycles. The zero-order valence-electron chi connectivity index (χ0n) is 12.9. The number of hydrogen-bond acceptors (Lipinski definition) is 4. The first kappa shape index (κ1) is 15.2. The minimum absolute atomic E-state index is 0.0381. The van der Waals surface area contributed by atoms with Crippen LogP contribution in [0.15, 0.2) is 36.7 Å². The Balaban J connectivity index is 2.39. The van der Waals surface area contributed by atoms with E-state index in [1.54, 1.807) is 31.5 Å². The summed E-state index contributed by atoms with van der Waals surface area (Å²) in [6.07, 6.45) is 3.38. The first-order valence-electron chi connectivity index (χ1n) is 7.02. The van der Waals surface area contributed by atoms with Gasteiger partial charge in [0, 0.05) is 12.4 Å². The van der Waals surface area contributed by atoms with Crippen LogP contribution in [-0.2, 0) is 10.2 Å². The molecule has 0 fully saturated rings. The molecule has 0 atom stereocenters. The van der Waals surface area contributed by atoms with Crippen LogP contribution in [0.5, 0.6) is 0 Å². The molecular formula is C17H20N2O2. The molecule has 21 heavy (non-hydrogen) atoms. The van der Waals surface area contributed by atoms with E-state index in [1.165, 1.54) is 5.56 Å². The second-order valence-electron chi connectivity index (χ2n) is 5.83. The van der Waals surface area contributed by atoms with E-state index in [9.17, 15) is 4.79 Å². The van der Waals surface area contributed by atoms with E-state index in [1.807, 2.05) is 12.1 Å². The molecule has 0 aliphatic carbocycles. The summed E-state index contributed by atoms with van der Waals surface area (Å²) < 4.78 is 5.01. The van der Waals surface area contributed by atoms with Gasteiger partial charge in [-0.25, -0.2) is 4.79 Å². The highest BCUT2D eigenvalue weighted by Crippen LogP contribution is 2.25. The van der Waals surface area contributed by atoms with Crippen LogP contribution in [0.1, 0.15) is 43.6 Å². The Morgan fingerprint density at radius 1 is 1.10 bits per heavy atom. The zero-order chi connectivity index (χ0) is 15.5. The van der Waals surface area contributed by atoms with Gasteiger partial charge in [-0.05, 0) is 42.2 Å². The van der Waals surface area contributed by atoms with Crippen LogP contribution in [0.2, 0.25) is 0 Å². The number of rotatable bonds is 3. The Bertz CT molecular complexity index is 645. The van der Waals surface area contributed by atoms with Gasteiger partial charge in [-0.1, -0.05) is 20.8 Å². The van der Waals surface area contributed by atoms with Crippen molar-refractivity contribution in [3.63, 3.8) is 0 Å². The Hall–Kier alpha value is -2.23. The van der Waals surface area contributed by atoms with E-state index < -0.39 is 0 Å². The van der Waals surface area contributed by atoms with E-state index in [2.05, 4.69) is 30.7 Å². The van der Waals surface area contributed by atoms with Crippen molar-refractivity contribution < 1.29 is 9.53 Å². The number of carbonyl (C=O) groups is 1. The molecule has 2 aromatic rings. The van der Waals surface area contributed by atoms with Gasteiger partial charge in [-0.3, -0.25) is 9.97 Å². The Morgan fingerprint density at radius 2 is 1.71 bits per heavy atom. The molecule has 0 aliphatic rings. The van der Waals surface area contributed by atoms with Gasteiger partial charge >= 0.3 is 5.97 Å². The van der Waals surface area contributed by atoms with E-state index in [0.717, 1.165) is 5.69 Å². The summed E-state index contributed by atoms with van der Waals surface area (Å²) in [5.41, 5.74) is 3.14. The fourth-order valence-corrected chi connectivity index (χ4v) is 1.95. The number of aromatic nitrogens is 2. The number of pyridine rings is 2. The molecule has 0 aliphatic heterocycles. The van der Waals surface area contributed by atoms with Crippen molar-refractivity contribution in [1.82, 2.24) is 9.97 Å². The molecule has 0 bridgehead atoms. The van der Waals surface area contributed by atoms with Crippen molar-refractivity contribution in [3.05, 3.63) is 47.8 Å². The third kappa shape index (κ3) is 3.66. The summed E-state index contributed by atoms with van der Waals surface area (Å²) in [6, 6.07) is 7.37. The van der Waals surface area contributed by atoms with E-state index >= 15 is 0 Å². The van der Waals surface area contributed by atoms with E-state index in [0.29, 0.717) is 17.9 Å². The van der Waals surface area contributed by atoms with Crippen LogP contribution in [0.4, 0.5) is 0 Å². The highest BCUT2D eigenvalue weighted by molar-refractivity contribution is 5.90. The monoisotopic (exact) mass is 284 g/mol. The smallest absolute Gasteiger partial charge is 0.338 e. The molecule has 2 heterocycles. The topological polar surface area (TPSA) is 52.1 Å². The van der Waals surface area contributed by atoms with Crippen LogP contribution in [-0.4, -0.2) is 22.5 Å². The fraction of sp³-hybridized carbons (Fsp3) is 0.353. The maximum Gasteiger partial charge on any atom is 0.338 e. The second-order valence-corrected chi connectivity index (χ2v) is 5.83. The van der Waals surface area contributed by atoms with Gasteiger partial charge in [0.15, 0.2) is 0 Å². The maximum atomic E-state index is 11.8. The average molecular weight is 284 g/mol. The largest absolute Gasteiger partial charge is 0.462 e. The lowest BCUT2D eigenvalue weighted by atomic mass is 9.87. The predicted octanol–water partition coefficient (Wildman–Crippen LogP) is 3.62. The van der Waals surface area contributed by atoms with E-state index in [4.69, 9.17) is 4.74 Å². The Kier molecular flexibility index (Phi) is 4.36. The third-order valence-corrected chi connectivity index (χ3v) is 3.16. The summed E-state index contributed by atoms with van der Waals surface area (Å²) >= 11 is 0. The van der Waals surface area contributed by atoms with Crippen molar-refractivity contribution in [1.29, 1.82) is 0 Å². The molecule has 4 heteroatoms. The Morgan fingerprint density at radius 3 is 2.33 bits per heavy atom. The van der Waals surface area contributed by atoms with Crippen molar-refractivity contribution in [2.45, 2.75) is 33.1 Å². The van der Waals surface area contributed by atoms with E-state index in [-0.39, 0.29) is 11.4 Å². The van der Waals surface area contributed by atoms with Crippen molar-refractivity contribution in [2.75, 3.05) is 6.61 Å². The number of ether oxygens (including phenoxy) is 1. The van der Waals surface area contributed by atoms with Crippen molar-refractivity contribution in [2.24, 2.45) is 0 Å². The molecule has 0 spiro atoms. The summed E-state index contributed by atoms with van der Waals surface area (Å²) in [6.45, 7) is 8.58. The molecular weight excluding hydrogens is 264 g/mol. The van der Waals surface area contributed by atoms with Crippen LogP contribution in [0, 0.1) is 0 Å². The fourth-order valence-electron chi connectivity index (χ4n) is 1.95. The number of carbonyl (C=O) groups excluding carboxylic acids is 1. The first-order chi connectivity index (χ1) is 9.91. The SMILES string of the molecule is CCOC(=O)c1ccnc(-c2cc(C(C)(C)C)ccn2)c1. The number of hydrogen-bond donors (Lipinski definition) is 0. The minimum Gasteiger partial charge on any atom is -0.462 e. The number of nitrogens with zero attached hydrogens (tertiary/aromatic N) is 2. The molecule has 0 saturated heterocycles. The van der Waals surface area contributed by atoms with Crippen molar-refractivity contribution in [3.8, 4) is 11.4 Å². The minimum atomic E-state index is -0.340. The highest BCUT2D eigenvalue weighted by atomic mass is 16.5. The standard InChI is InChI=1S/C17H20N2O2/c1-5-21-16(20)12-6-8-18-14(10-12)15-11-13(7-9-19-15)17(2,3)4/h6-11H,5H2,1-4H3. The second kappa shape index (κ2) is 6.04. The Labute approximate surface area is 125 Å². The molecule has 110 valence electrons. The van der Waals surface area contributed by atoms with Gasteiger partial charge < -0.3 is 4.74 Å². The molecule has 0 amide bonds. The lowest BCUT2D eigenvalue weighted by Crippen LogP contribution is -2.11. The van der Waals surface area contributed by atoms with Gasteiger partial charge in [0.25, 0.3) is 0 Å². The molecule has 2 aromatic heterocycles. The summed E-state index contributed by atoms with van der Waals surface area (Å²) in [5, 5.41) is 0. The molecule has 0 aromatic carbocycles. The predicted molar refractivity (Wildman–Crippen MR) is 82.1 cm³/mol. The lowest BCUT2D eigenvalue weighted by molar-refractivity contribution is 0.0526. The lowest BCUT2D eigenvalue weighted by Gasteiger charge is -2.19. The average Bonchev–Trinajstić information content (AvgIpc) is 2.47. The van der Waals surface area contributed by atoms with Gasteiger partial charge in [0.2, 0.25) is 0 Å². The molecule has 0 N–H and O–H groups in total. The van der Waals surface area contributed by atoms with Crippen LogP contribution >= 0.6 is 0 Å². The molecule has 0 unspecified atom stereocenters. The normalized spacial score (nSPS) is 11.2. The molecule has 4 nitrogen and oxygen atoms in total. The summed E-state index contributed by atoms with van der Waals surface area (Å²) in [5.74, 6) is -0.340. The zero-order valence-corrected chi connectivity index (χ0v) is 12.9. The summed E-state index contributed by atoms with van der Waals surface area (Å²) in [7, 11) is 0. The van der Waals surface area contributed by atoms with Gasteiger partial charge in [-0.15, -0.1) is 0 Å². The van der Waals surface area contributed by atoms with Crippen LogP contribution in [0.3, 0.4) is 0 Å². The quantitative estimate of drug-likeness (QED) is 0.808. The first-order valence-corrected chi connectivity index (χ1v) is 7.02. The van der Waals surface area contributed by atoms with Gasteiger partial charge in [-0.2, -0.15) is 0 Å². The highest BCUT2D eigenvalue weighted by Gasteiger charge is 2.15. The molecule has 2 rings (SSSR count). The molecule has 0 radical (unpaired) electrons. The van der Waals surface area contributed by atoms with Crippen molar-refractivity contribution >= 4 is 5.97 Å². The van der Waals surface area contributed by atoms with Crippen LogP contribution in [0.25, 0.3) is 11.4 Å². The van der Waals surface area contributed by atoms with Gasteiger partial charge in [0.1, 0.15) is 0 Å². The third-order valence-electron chi connectivity index (χ3n) is 3.16. The van der Waals surface area contributed by atoms with Gasteiger partial charge in [0.05, 0.1) is 23.6 Å². The maximum absolute atomic E-state index is 11.8. The number of esters is 1. The summed E-state index contributed by atoms with van der Waals surface area (Å²) in [4.78, 5) is 20.4. The van der Waals surface area contributed by atoms with Crippen LogP contribution < -0.4 is 0 Å².